The predicted octanol–water partition coefficient (Wildman–Crippen LogP) is 4.27. The summed E-state index contributed by atoms with van der Waals surface area (Å²) in [6, 6.07) is 8.35. The molecule has 0 atom stereocenters. The van der Waals surface area contributed by atoms with Crippen molar-refractivity contribution in [3.05, 3.63) is 35.4 Å². The van der Waals surface area contributed by atoms with E-state index < -0.39 is 0 Å². The number of hydrogen-bond donors (Lipinski definition) is 1. The van der Waals surface area contributed by atoms with Gasteiger partial charge in [0, 0.05) is 11.5 Å². The highest BCUT2D eigenvalue weighted by Gasteiger charge is 2.21. The van der Waals surface area contributed by atoms with Gasteiger partial charge in [-0.1, -0.05) is 51.0 Å². The van der Waals surface area contributed by atoms with E-state index in [4.69, 9.17) is 0 Å². The smallest absolute Gasteiger partial charge is 0.166 e. The van der Waals surface area contributed by atoms with E-state index in [-0.39, 0.29) is 18.3 Å². The number of halogens is 1. The van der Waals surface area contributed by atoms with Gasteiger partial charge < -0.3 is 5.32 Å². The number of rotatable bonds is 6. The average molecular weight is 310 g/mol. The molecule has 1 heterocycles. The van der Waals surface area contributed by atoms with E-state index in [1.165, 1.54) is 18.4 Å². The van der Waals surface area contributed by atoms with Crippen LogP contribution in [0, 0.1) is 11.8 Å². The molecule has 1 aromatic rings. The van der Waals surface area contributed by atoms with Crippen LogP contribution in [-0.4, -0.2) is 18.9 Å². The van der Waals surface area contributed by atoms with Gasteiger partial charge in [-0.15, -0.1) is 12.4 Å². The molecule has 2 nitrogen and oxygen atoms in total. The van der Waals surface area contributed by atoms with E-state index in [1.807, 2.05) is 12.1 Å². The molecule has 1 N–H and O–H groups in total. The topological polar surface area (TPSA) is 29.1 Å². The SMILES string of the molecule is CCC(CC)Cc1ccc(C(=O)C2CCNCC2)cc1.Cl. The fourth-order valence-corrected chi connectivity index (χ4v) is 3.04. The van der Waals surface area contributed by atoms with Gasteiger partial charge in [0.15, 0.2) is 5.78 Å². The Kier molecular flexibility index (Phi) is 7.98. The van der Waals surface area contributed by atoms with E-state index in [2.05, 4.69) is 31.3 Å². The van der Waals surface area contributed by atoms with Gasteiger partial charge >= 0.3 is 0 Å². The van der Waals surface area contributed by atoms with Crippen molar-refractivity contribution in [3.63, 3.8) is 0 Å². The lowest BCUT2D eigenvalue weighted by Gasteiger charge is -2.21. The lowest BCUT2D eigenvalue weighted by Crippen LogP contribution is -2.31. The molecule has 0 saturated carbocycles. The van der Waals surface area contributed by atoms with Crippen LogP contribution in [0.4, 0.5) is 0 Å². The van der Waals surface area contributed by atoms with Gasteiger partial charge in [-0.3, -0.25) is 4.79 Å². The van der Waals surface area contributed by atoms with E-state index in [9.17, 15) is 4.79 Å². The molecule has 2 rings (SSSR count). The van der Waals surface area contributed by atoms with Crippen LogP contribution in [0.2, 0.25) is 0 Å². The molecule has 0 amide bonds. The summed E-state index contributed by atoms with van der Waals surface area (Å²) in [5.41, 5.74) is 2.26. The molecule has 0 unspecified atom stereocenters. The molecule has 1 aromatic carbocycles. The fourth-order valence-electron chi connectivity index (χ4n) is 3.04. The molecule has 3 heteroatoms. The van der Waals surface area contributed by atoms with Crippen molar-refractivity contribution in [2.75, 3.05) is 13.1 Å². The first-order valence-electron chi connectivity index (χ1n) is 8.08. The van der Waals surface area contributed by atoms with Crippen LogP contribution in [0.3, 0.4) is 0 Å². The summed E-state index contributed by atoms with van der Waals surface area (Å²) >= 11 is 0. The third kappa shape index (κ3) is 5.12. The third-order valence-corrected chi connectivity index (χ3v) is 4.63. The van der Waals surface area contributed by atoms with Gasteiger partial charge in [-0.05, 0) is 43.8 Å². The van der Waals surface area contributed by atoms with Gasteiger partial charge in [0.05, 0.1) is 0 Å². The van der Waals surface area contributed by atoms with Crippen molar-refractivity contribution in [2.45, 2.75) is 46.0 Å². The number of benzene rings is 1. The Bertz CT molecular complexity index is 419. The molecule has 1 aliphatic heterocycles. The number of ketones is 1. The summed E-state index contributed by atoms with van der Waals surface area (Å²) in [7, 11) is 0. The Morgan fingerprint density at radius 3 is 2.24 bits per heavy atom. The zero-order valence-corrected chi connectivity index (χ0v) is 14.0. The van der Waals surface area contributed by atoms with Crippen molar-refractivity contribution >= 4 is 18.2 Å². The van der Waals surface area contributed by atoms with Gasteiger partial charge in [0.25, 0.3) is 0 Å². The second-order valence-corrected chi connectivity index (χ2v) is 5.97. The third-order valence-electron chi connectivity index (χ3n) is 4.63. The predicted molar refractivity (Wildman–Crippen MR) is 91.4 cm³/mol. The van der Waals surface area contributed by atoms with Crippen LogP contribution in [0.25, 0.3) is 0 Å². The normalized spacial score (nSPS) is 15.8. The van der Waals surface area contributed by atoms with Gasteiger partial charge in [0.1, 0.15) is 0 Å². The van der Waals surface area contributed by atoms with Gasteiger partial charge in [-0.2, -0.15) is 0 Å². The van der Waals surface area contributed by atoms with E-state index in [0.29, 0.717) is 5.78 Å². The minimum atomic E-state index is 0. The monoisotopic (exact) mass is 309 g/mol. The molecular formula is C18H28ClNO. The van der Waals surface area contributed by atoms with Crippen LogP contribution >= 0.6 is 12.4 Å². The molecule has 0 bridgehead atoms. The Hall–Kier alpha value is -0.860. The summed E-state index contributed by atoms with van der Waals surface area (Å²) in [5, 5.41) is 3.31. The Morgan fingerprint density at radius 1 is 1.14 bits per heavy atom. The summed E-state index contributed by atoms with van der Waals surface area (Å²) < 4.78 is 0. The molecule has 1 aliphatic rings. The molecule has 0 aliphatic carbocycles. The van der Waals surface area contributed by atoms with Crippen molar-refractivity contribution in [3.8, 4) is 0 Å². The van der Waals surface area contributed by atoms with Crippen LogP contribution < -0.4 is 5.32 Å². The van der Waals surface area contributed by atoms with E-state index in [0.717, 1.165) is 43.8 Å². The second-order valence-electron chi connectivity index (χ2n) is 5.97. The number of hydrogen-bond acceptors (Lipinski definition) is 2. The molecule has 21 heavy (non-hydrogen) atoms. The number of Topliss-reactive ketones (excluding diaryl/α,β-unsaturated/α-hetero) is 1. The first-order chi connectivity index (χ1) is 9.74. The molecule has 1 fully saturated rings. The lowest BCUT2D eigenvalue weighted by atomic mass is 9.88. The van der Waals surface area contributed by atoms with Crippen LogP contribution in [0.15, 0.2) is 24.3 Å². The number of nitrogens with one attached hydrogen (secondary N) is 1. The highest BCUT2D eigenvalue weighted by Crippen LogP contribution is 2.20. The first kappa shape index (κ1) is 18.2. The summed E-state index contributed by atoms with van der Waals surface area (Å²) in [5.74, 6) is 1.32. The second kappa shape index (κ2) is 9.22. The summed E-state index contributed by atoms with van der Waals surface area (Å²) in [4.78, 5) is 12.4. The molecule has 1 saturated heterocycles. The summed E-state index contributed by atoms with van der Waals surface area (Å²) in [6.07, 6.45) is 5.55. The first-order valence-corrected chi connectivity index (χ1v) is 8.08. The molecule has 118 valence electrons. The Labute approximate surface area is 135 Å². The zero-order chi connectivity index (χ0) is 14.4. The van der Waals surface area contributed by atoms with Crippen LogP contribution in [-0.2, 0) is 6.42 Å². The van der Waals surface area contributed by atoms with E-state index >= 15 is 0 Å². The zero-order valence-electron chi connectivity index (χ0n) is 13.2. The van der Waals surface area contributed by atoms with Crippen molar-refractivity contribution in [1.29, 1.82) is 0 Å². The summed E-state index contributed by atoms with van der Waals surface area (Å²) in [6.45, 7) is 6.46. The van der Waals surface area contributed by atoms with Crippen molar-refractivity contribution < 1.29 is 4.79 Å². The lowest BCUT2D eigenvalue weighted by molar-refractivity contribution is 0.0895. The molecular weight excluding hydrogens is 282 g/mol. The van der Waals surface area contributed by atoms with Crippen molar-refractivity contribution in [1.82, 2.24) is 5.32 Å². The minimum absolute atomic E-state index is 0. The largest absolute Gasteiger partial charge is 0.317 e. The van der Waals surface area contributed by atoms with Gasteiger partial charge in [-0.25, -0.2) is 0 Å². The number of carbonyl (C=O) groups is 1. The van der Waals surface area contributed by atoms with Crippen LogP contribution in [0.5, 0.6) is 0 Å². The highest BCUT2D eigenvalue weighted by molar-refractivity contribution is 5.97. The van der Waals surface area contributed by atoms with Gasteiger partial charge in [0.2, 0.25) is 0 Å². The molecule has 0 aromatic heterocycles. The molecule has 0 radical (unpaired) electrons. The van der Waals surface area contributed by atoms with Crippen LogP contribution in [0.1, 0.15) is 55.5 Å². The maximum atomic E-state index is 12.4. The van der Waals surface area contributed by atoms with E-state index in [1.54, 1.807) is 0 Å². The fraction of sp³-hybridized carbons (Fsp3) is 0.611. The number of carbonyl (C=O) groups excluding carboxylic acids is 1. The van der Waals surface area contributed by atoms with Crippen molar-refractivity contribution in [2.24, 2.45) is 11.8 Å². The quantitative estimate of drug-likeness (QED) is 0.795. The number of piperidine rings is 1. The minimum Gasteiger partial charge on any atom is -0.317 e. The standard InChI is InChI=1S/C18H27NO.ClH/c1-3-14(4-2)13-15-5-7-16(8-6-15)18(20)17-9-11-19-12-10-17;/h5-8,14,17,19H,3-4,9-13H2,1-2H3;1H. The Balaban J connectivity index is 0.00000220. The molecule has 0 spiro atoms. The Morgan fingerprint density at radius 2 is 1.71 bits per heavy atom. The maximum Gasteiger partial charge on any atom is 0.166 e. The highest BCUT2D eigenvalue weighted by atomic mass is 35.5. The maximum absolute atomic E-state index is 12.4. The average Bonchev–Trinajstić information content (AvgIpc) is 2.53.